The Morgan fingerprint density at radius 2 is 2.00 bits per heavy atom. The molecule has 0 radical (unpaired) electrons. The van der Waals surface area contributed by atoms with Crippen LogP contribution in [0.1, 0.15) is 20.3 Å². The van der Waals surface area contributed by atoms with E-state index in [1.54, 1.807) is 27.1 Å². The smallest absolute Gasteiger partial charge is 0.333 e. The number of benzene rings is 1. The molecule has 6 nitrogen and oxygen atoms in total. The van der Waals surface area contributed by atoms with Crippen molar-refractivity contribution in [2.24, 2.45) is 7.05 Å². The van der Waals surface area contributed by atoms with Crippen molar-refractivity contribution in [1.82, 2.24) is 18.9 Å². The van der Waals surface area contributed by atoms with Crippen molar-refractivity contribution in [3.05, 3.63) is 57.6 Å². The second-order valence-corrected chi connectivity index (χ2v) is 6.07. The molecule has 0 unspecified atom stereocenters. The monoisotopic (exact) mass is 352 g/mol. The van der Waals surface area contributed by atoms with Gasteiger partial charge in [0, 0.05) is 18.0 Å². The first kappa shape index (κ1) is 17.9. The number of aryl methyl sites for hydroxylation is 1. The lowest BCUT2D eigenvalue weighted by atomic mass is 10.2. The molecule has 0 aliphatic carbocycles. The van der Waals surface area contributed by atoms with E-state index >= 15 is 0 Å². The highest BCUT2D eigenvalue weighted by atomic mass is 16.3. The summed E-state index contributed by atoms with van der Waals surface area (Å²) in [4.78, 5) is 12.8. The van der Waals surface area contributed by atoms with Gasteiger partial charge in [-0.15, -0.1) is 0 Å². The number of nitrogens with zero attached hydrogens (tertiary/aromatic N) is 4. The fourth-order valence-electron chi connectivity index (χ4n) is 3.19. The second kappa shape index (κ2) is 7.58. The van der Waals surface area contributed by atoms with Gasteiger partial charge in [-0.1, -0.05) is 31.2 Å². The van der Waals surface area contributed by atoms with Crippen LogP contribution in [0.25, 0.3) is 28.9 Å². The van der Waals surface area contributed by atoms with E-state index in [4.69, 9.17) is 0 Å². The Bertz CT molecular complexity index is 1130. The summed E-state index contributed by atoms with van der Waals surface area (Å²) < 4.78 is 5.16. The number of imidazole rings is 1. The van der Waals surface area contributed by atoms with E-state index in [9.17, 15) is 9.90 Å². The maximum atomic E-state index is 12.8. The summed E-state index contributed by atoms with van der Waals surface area (Å²) in [5, 5.41) is 15.5. The Morgan fingerprint density at radius 1 is 1.27 bits per heavy atom. The molecule has 1 aromatic carbocycles. The predicted octanol–water partition coefficient (Wildman–Crippen LogP) is 1.06. The normalized spacial score (nSPS) is 13.9. The van der Waals surface area contributed by atoms with Gasteiger partial charge in [-0.25, -0.2) is 4.79 Å². The van der Waals surface area contributed by atoms with Crippen LogP contribution >= 0.6 is 0 Å². The average molecular weight is 352 g/mol. The zero-order valence-electron chi connectivity index (χ0n) is 15.4. The van der Waals surface area contributed by atoms with E-state index in [1.165, 1.54) is 0 Å². The van der Waals surface area contributed by atoms with Crippen LogP contribution in [0.4, 0.5) is 0 Å². The molecule has 0 saturated carbocycles. The van der Waals surface area contributed by atoms with Crippen molar-refractivity contribution in [3.63, 3.8) is 0 Å². The fourth-order valence-corrected chi connectivity index (χ4v) is 3.19. The molecule has 0 saturated heterocycles. The Balaban J connectivity index is 2.26. The fraction of sp³-hybridized carbons (Fsp3) is 0.300. The number of aromatic nitrogens is 4. The first-order chi connectivity index (χ1) is 12.6. The zero-order valence-corrected chi connectivity index (χ0v) is 15.4. The standard InChI is InChI=1S/C20H24N4O2/c1-4-8-17-15(14-21-23(17)11-12-25)13-16(5-2)24-19-10-7-6-9-18(19)22(3)20(24)26/h5-10,13-14,25H,4,11-12H2,1-3H3/b15-13-,16-5+,17-8+. The van der Waals surface area contributed by atoms with Gasteiger partial charge < -0.3 is 5.11 Å². The average Bonchev–Trinajstić information content (AvgIpc) is 3.14. The van der Waals surface area contributed by atoms with Gasteiger partial charge in [0.1, 0.15) is 0 Å². The minimum absolute atomic E-state index is 0.0327. The summed E-state index contributed by atoms with van der Waals surface area (Å²) in [6, 6.07) is 7.75. The number of fused-ring (bicyclic) bond motifs is 1. The van der Waals surface area contributed by atoms with E-state index in [0.717, 1.165) is 33.7 Å². The summed E-state index contributed by atoms with van der Waals surface area (Å²) in [7, 11) is 1.78. The predicted molar refractivity (Wildman–Crippen MR) is 105 cm³/mol. The first-order valence-corrected chi connectivity index (χ1v) is 8.80. The highest BCUT2D eigenvalue weighted by molar-refractivity contribution is 5.86. The highest BCUT2D eigenvalue weighted by Crippen LogP contribution is 2.16. The molecule has 2 aromatic heterocycles. The third kappa shape index (κ3) is 3.04. The number of hydrogen-bond acceptors (Lipinski definition) is 3. The van der Waals surface area contributed by atoms with Crippen molar-refractivity contribution in [1.29, 1.82) is 0 Å². The number of aliphatic hydroxyl groups is 1. The number of para-hydroxylation sites is 2. The first-order valence-electron chi connectivity index (χ1n) is 8.80. The van der Waals surface area contributed by atoms with Gasteiger partial charge >= 0.3 is 5.69 Å². The van der Waals surface area contributed by atoms with E-state index in [2.05, 4.69) is 18.1 Å². The maximum Gasteiger partial charge on any atom is 0.333 e. The Kier molecular flexibility index (Phi) is 5.23. The van der Waals surface area contributed by atoms with Gasteiger partial charge in [0.2, 0.25) is 0 Å². The third-order valence-corrected chi connectivity index (χ3v) is 4.44. The van der Waals surface area contributed by atoms with Crippen molar-refractivity contribution in [3.8, 4) is 0 Å². The van der Waals surface area contributed by atoms with E-state index in [-0.39, 0.29) is 12.3 Å². The van der Waals surface area contributed by atoms with Crippen LogP contribution < -0.4 is 16.3 Å². The lowest BCUT2D eigenvalue weighted by molar-refractivity contribution is 0.267. The minimum atomic E-state index is -0.0840. The SMILES string of the molecule is C\C=C(/C=c1/cnn(CCO)/c1=C/CC)n1c(=O)n(C)c2ccccc21. The lowest BCUT2D eigenvalue weighted by Crippen LogP contribution is -2.31. The molecule has 0 spiro atoms. The zero-order chi connectivity index (χ0) is 18.7. The largest absolute Gasteiger partial charge is 0.394 e. The molecule has 3 rings (SSSR count). The van der Waals surface area contributed by atoms with Crippen LogP contribution in [0.2, 0.25) is 0 Å². The molecule has 3 aromatic rings. The second-order valence-electron chi connectivity index (χ2n) is 6.07. The van der Waals surface area contributed by atoms with Gasteiger partial charge in [0.05, 0.1) is 35.7 Å². The minimum Gasteiger partial charge on any atom is -0.394 e. The summed E-state index contributed by atoms with van der Waals surface area (Å²) in [5.41, 5.74) is 2.47. The third-order valence-electron chi connectivity index (χ3n) is 4.44. The van der Waals surface area contributed by atoms with Crippen LogP contribution in [0.5, 0.6) is 0 Å². The molecule has 136 valence electrons. The molecule has 0 atom stereocenters. The summed E-state index contributed by atoms with van der Waals surface area (Å²) in [6.45, 7) is 4.46. The van der Waals surface area contributed by atoms with E-state index < -0.39 is 0 Å². The number of aliphatic hydroxyl groups excluding tert-OH is 1. The summed E-state index contributed by atoms with van der Waals surface area (Å²) >= 11 is 0. The van der Waals surface area contributed by atoms with Crippen molar-refractivity contribution in [2.45, 2.75) is 26.8 Å². The Morgan fingerprint density at radius 3 is 2.65 bits per heavy atom. The van der Waals surface area contributed by atoms with Gasteiger partial charge in [-0.05, 0) is 31.6 Å². The number of hydrogen-bond donors (Lipinski definition) is 1. The van der Waals surface area contributed by atoms with Gasteiger partial charge in [-0.3, -0.25) is 13.8 Å². The van der Waals surface area contributed by atoms with Gasteiger partial charge in [0.15, 0.2) is 0 Å². The topological polar surface area (TPSA) is 65.0 Å². The molecule has 0 aliphatic rings. The van der Waals surface area contributed by atoms with Crippen LogP contribution in [-0.2, 0) is 13.6 Å². The van der Waals surface area contributed by atoms with Crippen LogP contribution in [0.3, 0.4) is 0 Å². The van der Waals surface area contributed by atoms with Crippen LogP contribution in [-0.4, -0.2) is 30.6 Å². The Labute approximate surface area is 151 Å². The van der Waals surface area contributed by atoms with Gasteiger partial charge in [0.25, 0.3) is 0 Å². The van der Waals surface area contributed by atoms with Crippen LogP contribution in [0, 0.1) is 0 Å². The molecule has 1 N–H and O–H groups in total. The summed E-state index contributed by atoms with van der Waals surface area (Å²) in [6.07, 6.45) is 8.60. The molecule has 0 aliphatic heterocycles. The van der Waals surface area contributed by atoms with E-state index in [1.807, 2.05) is 43.3 Å². The lowest BCUT2D eigenvalue weighted by Gasteiger charge is -2.03. The van der Waals surface area contributed by atoms with Gasteiger partial charge in [-0.2, -0.15) is 5.10 Å². The quantitative estimate of drug-likeness (QED) is 0.747. The molecule has 26 heavy (non-hydrogen) atoms. The van der Waals surface area contributed by atoms with Crippen molar-refractivity contribution in [2.75, 3.05) is 6.61 Å². The van der Waals surface area contributed by atoms with Crippen molar-refractivity contribution >= 4 is 28.9 Å². The highest BCUT2D eigenvalue weighted by Gasteiger charge is 2.12. The molecule has 0 fully saturated rings. The molecule has 2 heterocycles. The summed E-state index contributed by atoms with van der Waals surface area (Å²) in [5.74, 6) is 0. The molecule has 0 amide bonds. The molecular weight excluding hydrogens is 328 g/mol. The van der Waals surface area contributed by atoms with Crippen LogP contribution in [0.15, 0.2) is 41.3 Å². The Hall–Kier alpha value is -2.86. The molecule has 6 heteroatoms. The van der Waals surface area contributed by atoms with Crippen molar-refractivity contribution < 1.29 is 5.11 Å². The van der Waals surface area contributed by atoms with E-state index in [0.29, 0.717) is 6.54 Å². The molecular formula is C20H24N4O2. The number of rotatable bonds is 5. The molecule has 0 bridgehead atoms. The number of allylic oxidation sites excluding steroid dienone is 2. The maximum absolute atomic E-state index is 12.8.